The van der Waals surface area contributed by atoms with Gasteiger partial charge in [-0.25, -0.2) is 13.1 Å². The summed E-state index contributed by atoms with van der Waals surface area (Å²) in [6, 6.07) is 15.6. The first kappa shape index (κ1) is 20.1. The van der Waals surface area contributed by atoms with Gasteiger partial charge in [-0.2, -0.15) is 0 Å². The van der Waals surface area contributed by atoms with E-state index in [9.17, 15) is 13.2 Å². The Labute approximate surface area is 155 Å². The average Bonchev–Trinajstić information content (AvgIpc) is 2.54. The second-order valence-electron chi connectivity index (χ2n) is 7.16. The van der Waals surface area contributed by atoms with Crippen LogP contribution in [0.4, 0.5) is 0 Å². The van der Waals surface area contributed by atoms with Crippen molar-refractivity contribution in [3.05, 3.63) is 65.7 Å². The van der Waals surface area contributed by atoms with Crippen molar-refractivity contribution in [3.63, 3.8) is 0 Å². The second kappa shape index (κ2) is 8.01. The van der Waals surface area contributed by atoms with Crippen LogP contribution >= 0.6 is 0 Å². The summed E-state index contributed by atoms with van der Waals surface area (Å²) in [5.74, 6) is -1.19. The maximum atomic E-state index is 12.6. The van der Waals surface area contributed by atoms with E-state index in [1.54, 1.807) is 69.3 Å². The summed E-state index contributed by atoms with van der Waals surface area (Å²) in [5.41, 5.74) is 1.02. The Morgan fingerprint density at radius 3 is 2.15 bits per heavy atom. The number of hydrogen-bond donors (Lipinski definition) is 1. The van der Waals surface area contributed by atoms with Crippen molar-refractivity contribution in [2.45, 2.75) is 44.1 Å². The third-order valence-electron chi connectivity index (χ3n) is 3.70. The number of carbonyl (C=O) groups is 1. The highest BCUT2D eigenvalue weighted by atomic mass is 32.2. The molecular weight excluding hydrogens is 350 g/mol. The van der Waals surface area contributed by atoms with Crippen molar-refractivity contribution in [2.75, 3.05) is 6.54 Å². The summed E-state index contributed by atoms with van der Waals surface area (Å²) in [6.45, 7) is 7.16. The third kappa shape index (κ3) is 5.68. The predicted molar refractivity (Wildman–Crippen MR) is 101 cm³/mol. The van der Waals surface area contributed by atoms with E-state index in [-0.39, 0.29) is 11.4 Å². The molecule has 0 aliphatic rings. The van der Waals surface area contributed by atoms with Crippen molar-refractivity contribution in [3.8, 4) is 0 Å². The molecule has 2 rings (SSSR count). The van der Waals surface area contributed by atoms with E-state index < -0.39 is 27.5 Å². The molecule has 0 fully saturated rings. The Morgan fingerprint density at radius 2 is 1.62 bits per heavy atom. The molecule has 0 saturated carbocycles. The Hall–Kier alpha value is -2.18. The first-order valence-corrected chi connectivity index (χ1v) is 9.91. The van der Waals surface area contributed by atoms with Crippen LogP contribution in [0.15, 0.2) is 59.5 Å². The lowest BCUT2D eigenvalue weighted by Crippen LogP contribution is -2.35. The van der Waals surface area contributed by atoms with Crippen LogP contribution in [0.25, 0.3) is 0 Å². The average molecular weight is 375 g/mol. The smallest absolute Gasteiger partial charge is 0.315 e. The Morgan fingerprint density at radius 1 is 1.04 bits per heavy atom. The van der Waals surface area contributed by atoms with Crippen LogP contribution in [0.2, 0.25) is 0 Å². The van der Waals surface area contributed by atoms with Gasteiger partial charge < -0.3 is 4.74 Å². The molecule has 0 aliphatic heterocycles. The summed E-state index contributed by atoms with van der Waals surface area (Å²) < 4.78 is 33.0. The first-order chi connectivity index (χ1) is 12.1. The summed E-state index contributed by atoms with van der Waals surface area (Å²) in [6.07, 6.45) is 0. The highest BCUT2D eigenvalue weighted by Gasteiger charge is 2.28. The monoisotopic (exact) mass is 375 g/mol. The minimum absolute atomic E-state index is 0.0743. The number of sulfonamides is 1. The fourth-order valence-corrected chi connectivity index (χ4v) is 3.44. The van der Waals surface area contributed by atoms with Crippen molar-refractivity contribution in [1.29, 1.82) is 0 Å². The fourth-order valence-electron chi connectivity index (χ4n) is 2.39. The zero-order chi connectivity index (χ0) is 19.4. The number of esters is 1. The quantitative estimate of drug-likeness (QED) is 0.786. The highest BCUT2D eigenvalue weighted by Crippen LogP contribution is 2.21. The van der Waals surface area contributed by atoms with Gasteiger partial charge in [0.15, 0.2) is 0 Å². The van der Waals surface area contributed by atoms with Crippen LogP contribution in [0.3, 0.4) is 0 Å². The van der Waals surface area contributed by atoms with Gasteiger partial charge in [0.1, 0.15) is 5.60 Å². The van der Waals surface area contributed by atoms with Gasteiger partial charge in [0, 0.05) is 6.54 Å². The Bertz CT molecular complexity index is 838. The molecule has 6 heteroatoms. The van der Waals surface area contributed by atoms with Gasteiger partial charge in [-0.15, -0.1) is 0 Å². The summed E-state index contributed by atoms with van der Waals surface area (Å²) in [4.78, 5) is 12.8. The van der Waals surface area contributed by atoms with E-state index in [0.29, 0.717) is 5.56 Å². The highest BCUT2D eigenvalue weighted by molar-refractivity contribution is 7.89. The number of hydrogen-bond acceptors (Lipinski definition) is 4. The van der Waals surface area contributed by atoms with Crippen LogP contribution in [0, 0.1) is 6.92 Å². The lowest BCUT2D eigenvalue weighted by molar-refractivity contribution is -0.156. The molecule has 0 saturated heterocycles. The lowest BCUT2D eigenvalue weighted by atomic mass is 9.99. The maximum Gasteiger partial charge on any atom is 0.315 e. The molecule has 1 unspecified atom stereocenters. The van der Waals surface area contributed by atoms with Gasteiger partial charge in [-0.1, -0.05) is 48.0 Å². The summed E-state index contributed by atoms with van der Waals surface area (Å²) >= 11 is 0. The molecule has 140 valence electrons. The van der Waals surface area contributed by atoms with E-state index in [1.165, 1.54) is 0 Å². The fraction of sp³-hybridized carbons (Fsp3) is 0.350. The number of aryl methyl sites for hydroxylation is 1. The number of rotatable bonds is 6. The molecule has 1 atom stereocenters. The molecule has 5 nitrogen and oxygen atoms in total. The molecule has 0 aromatic heterocycles. The number of benzene rings is 2. The zero-order valence-corrected chi connectivity index (χ0v) is 16.3. The van der Waals surface area contributed by atoms with Gasteiger partial charge in [0.25, 0.3) is 0 Å². The van der Waals surface area contributed by atoms with Gasteiger partial charge in [-0.3, -0.25) is 4.79 Å². The molecule has 26 heavy (non-hydrogen) atoms. The first-order valence-electron chi connectivity index (χ1n) is 8.43. The Balaban J connectivity index is 2.21. The van der Waals surface area contributed by atoms with Gasteiger partial charge in [-0.05, 0) is 45.4 Å². The standard InChI is InChI=1S/C20H25NO4S/c1-15-10-12-17(13-11-15)26(23,24)21-14-18(16-8-6-5-7-9-16)19(22)25-20(2,3)4/h5-13,18,21H,14H2,1-4H3. The molecule has 0 spiro atoms. The second-order valence-corrected chi connectivity index (χ2v) is 8.93. The van der Waals surface area contributed by atoms with Crippen molar-refractivity contribution in [2.24, 2.45) is 0 Å². The molecule has 0 aliphatic carbocycles. The molecule has 0 heterocycles. The molecular formula is C20H25NO4S. The predicted octanol–water partition coefficient (Wildman–Crippen LogP) is 3.40. The topological polar surface area (TPSA) is 72.5 Å². The van der Waals surface area contributed by atoms with Crippen molar-refractivity contribution in [1.82, 2.24) is 4.72 Å². The van der Waals surface area contributed by atoms with Crippen molar-refractivity contribution >= 4 is 16.0 Å². The van der Waals surface area contributed by atoms with Crippen LogP contribution in [-0.2, 0) is 19.6 Å². The number of nitrogens with one attached hydrogen (secondary N) is 1. The van der Waals surface area contributed by atoms with E-state index in [4.69, 9.17) is 4.74 Å². The van der Waals surface area contributed by atoms with Gasteiger partial charge >= 0.3 is 5.97 Å². The third-order valence-corrected chi connectivity index (χ3v) is 5.14. The van der Waals surface area contributed by atoms with Crippen LogP contribution in [0.5, 0.6) is 0 Å². The van der Waals surface area contributed by atoms with E-state index in [2.05, 4.69) is 4.72 Å². The van der Waals surface area contributed by atoms with E-state index >= 15 is 0 Å². The van der Waals surface area contributed by atoms with Crippen molar-refractivity contribution < 1.29 is 17.9 Å². The molecule has 0 bridgehead atoms. The molecule has 2 aromatic carbocycles. The lowest BCUT2D eigenvalue weighted by Gasteiger charge is -2.24. The maximum absolute atomic E-state index is 12.6. The molecule has 2 aromatic rings. The molecule has 1 N–H and O–H groups in total. The minimum Gasteiger partial charge on any atom is -0.459 e. The minimum atomic E-state index is -3.72. The van der Waals surface area contributed by atoms with Crippen LogP contribution in [-0.4, -0.2) is 26.5 Å². The van der Waals surface area contributed by atoms with Crippen LogP contribution < -0.4 is 4.72 Å². The van der Waals surface area contributed by atoms with E-state index in [0.717, 1.165) is 5.56 Å². The van der Waals surface area contributed by atoms with Crippen LogP contribution in [0.1, 0.15) is 37.8 Å². The van der Waals surface area contributed by atoms with Gasteiger partial charge in [0.05, 0.1) is 10.8 Å². The Kier molecular flexibility index (Phi) is 6.21. The zero-order valence-electron chi connectivity index (χ0n) is 15.5. The summed E-state index contributed by atoms with van der Waals surface area (Å²) in [5, 5.41) is 0. The summed E-state index contributed by atoms with van der Waals surface area (Å²) in [7, 11) is -3.72. The number of ether oxygens (including phenoxy) is 1. The number of carbonyl (C=O) groups excluding carboxylic acids is 1. The SMILES string of the molecule is Cc1ccc(S(=O)(=O)NCC(C(=O)OC(C)(C)C)c2ccccc2)cc1. The van der Waals surface area contributed by atoms with Gasteiger partial charge in [0.2, 0.25) is 10.0 Å². The molecule has 0 radical (unpaired) electrons. The molecule has 0 amide bonds. The van der Waals surface area contributed by atoms with E-state index in [1.807, 2.05) is 13.0 Å². The normalized spacial score (nSPS) is 13.2. The largest absolute Gasteiger partial charge is 0.459 e.